The summed E-state index contributed by atoms with van der Waals surface area (Å²) in [5.74, 6) is 0.322. The Labute approximate surface area is 117 Å². The summed E-state index contributed by atoms with van der Waals surface area (Å²) in [6.07, 6.45) is 0.279. The van der Waals surface area contributed by atoms with Gasteiger partial charge in [0.1, 0.15) is 5.75 Å². The van der Waals surface area contributed by atoms with E-state index >= 15 is 0 Å². The first-order valence-corrected chi connectivity index (χ1v) is 6.46. The standard InChI is InChI=1S/C18H13O2/c19-18(12-14-6-2-1-3-7-14)20-17-11-10-15-8-4-5-9-16(15)13-17/h1-3,5-11,13H,12H2. The van der Waals surface area contributed by atoms with Crippen LogP contribution >= 0.6 is 0 Å². The number of carbonyl (C=O) groups is 1. The van der Waals surface area contributed by atoms with Crippen molar-refractivity contribution in [1.82, 2.24) is 0 Å². The van der Waals surface area contributed by atoms with Gasteiger partial charge in [0, 0.05) is 0 Å². The molecule has 0 aliphatic rings. The molecule has 0 aliphatic carbocycles. The van der Waals surface area contributed by atoms with Crippen molar-refractivity contribution in [3.63, 3.8) is 0 Å². The van der Waals surface area contributed by atoms with E-state index < -0.39 is 0 Å². The van der Waals surface area contributed by atoms with Gasteiger partial charge < -0.3 is 4.74 Å². The van der Waals surface area contributed by atoms with Gasteiger partial charge in [-0.1, -0.05) is 48.5 Å². The summed E-state index contributed by atoms with van der Waals surface area (Å²) < 4.78 is 5.38. The van der Waals surface area contributed by atoms with Gasteiger partial charge in [-0.25, -0.2) is 0 Å². The smallest absolute Gasteiger partial charge is 0.315 e. The molecule has 3 rings (SSSR count). The van der Waals surface area contributed by atoms with Gasteiger partial charge in [0.05, 0.1) is 6.42 Å². The minimum absolute atomic E-state index is 0.252. The van der Waals surface area contributed by atoms with Crippen molar-refractivity contribution < 1.29 is 9.53 Å². The molecule has 2 heteroatoms. The average molecular weight is 261 g/mol. The Morgan fingerprint density at radius 3 is 2.70 bits per heavy atom. The van der Waals surface area contributed by atoms with Crippen LogP contribution in [0.1, 0.15) is 5.56 Å². The molecule has 0 amide bonds. The third-order valence-corrected chi connectivity index (χ3v) is 3.08. The molecule has 0 aromatic heterocycles. The summed E-state index contributed by atoms with van der Waals surface area (Å²) in [6, 6.07) is 23.9. The van der Waals surface area contributed by atoms with E-state index in [-0.39, 0.29) is 12.4 Å². The van der Waals surface area contributed by atoms with Crippen molar-refractivity contribution in [2.24, 2.45) is 0 Å². The molecule has 0 fully saturated rings. The molecule has 3 aromatic rings. The summed E-state index contributed by atoms with van der Waals surface area (Å²) in [6.45, 7) is 0. The molecule has 2 nitrogen and oxygen atoms in total. The Hall–Kier alpha value is -2.61. The van der Waals surface area contributed by atoms with Crippen molar-refractivity contribution in [1.29, 1.82) is 0 Å². The van der Waals surface area contributed by atoms with Crippen molar-refractivity contribution in [2.75, 3.05) is 0 Å². The van der Waals surface area contributed by atoms with Gasteiger partial charge in [0.25, 0.3) is 0 Å². The minimum Gasteiger partial charge on any atom is -0.426 e. The highest BCUT2D eigenvalue weighted by Gasteiger charge is 2.06. The highest BCUT2D eigenvalue weighted by Crippen LogP contribution is 2.20. The zero-order chi connectivity index (χ0) is 13.8. The third-order valence-electron chi connectivity index (χ3n) is 3.08. The molecular formula is C18H13O2. The molecule has 0 N–H and O–H groups in total. The van der Waals surface area contributed by atoms with Gasteiger partial charge in [-0.05, 0) is 40.6 Å². The molecule has 0 saturated carbocycles. The summed E-state index contributed by atoms with van der Waals surface area (Å²) in [5.41, 5.74) is 0.952. The van der Waals surface area contributed by atoms with Gasteiger partial charge >= 0.3 is 5.97 Å². The molecule has 0 saturated heterocycles. The predicted molar refractivity (Wildman–Crippen MR) is 78.6 cm³/mol. The predicted octanol–water partition coefficient (Wildman–Crippen LogP) is 3.79. The summed E-state index contributed by atoms with van der Waals surface area (Å²) >= 11 is 0. The quantitative estimate of drug-likeness (QED) is 0.529. The van der Waals surface area contributed by atoms with E-state index in [0.717, 1.165) is 16.3 Å². The fourth-order valence-corrected chi connectivity index (χ4v) is 2.10. The Morgan fingerprint density at radius 1 is 1.00 bits per heavy atom. The largest absolute Gasteiger partial charge is 0.426 e. The summed E-state index contributed by atoms with van der Waals surface area (Å²) in [5, 5.41) is 2.11. The summed E-state index contributed by atoms with van der Waals surface area (Å²) in [4.78, 5) is 11.9. The van der Waals surface area contributed by atoms with Crippen molar-refractivity contribution in [2.45, 2.75) is 6.42 Å². The number of fused-ring (bicyclic) bond motifs is 1. The van der Waals surface area contributed by atoms with E-state index in [9.17, 15) is 4.79 Å². The van der Waals surface area contributed by atoms with Crippen LogP contribution in [0.25, 0.3) is 10.8 Å². The zero-order valence-electron chi connectivity index (χ0n) is 10.9. The SMILES string of the molecule is O=C(Cc1ccccc1)Oc1ccc2c[c]ccc2c1. The Morgan fingerprint density at radius 2 is 1.85 bits per heavy atom. The number of benzene rings is 3. The fraction of sp³-hybridized carbons (Fsp3) is 0.0556. The second kappa shape index (κ2) is 5.57. The summed E-state index contributed by atoms with van der Waals surface area (Å²) in [7, 11) is 0. The van der Waals surface area contributed by atoms with Gasteiger partial charge in [-0.3, -0.25) is 4.79 Å². The number of hydrogen-bond donors (Lipinski definition) is 0. The molecule has 0 aliphatic heterocycles. The van der Waals surface area contributed by atoms with Crippen LogP contribution in [0.3, 0.4) is 0 Å². The van der Waals surface area contributed by atoms with Crippen molar-refractivity contribution in [3.05, 3.63) is 78.4 Å². The van der Waals surface area contributed by atoms with Crippen molar-refractivity contribution in [3.8, 4) is 5.75 Å². The first-order valence-electron chi connectivity index (χ1n) is 6.46. The van der Waals surface area contributed by atoms with Crippen LogP contribution in [0.4, 0.5) is 0 Å². The molecule has 0 heterocycles. The Kier molecular flexibility index (Phi) is 3.46. The van der Waals surface area contributed by atoms with E-state index in [1.807, 2.05) is 60.7 Å². The molecule has 0 atom stereocenters. The maximum atomic E-state index is 11.9. The fourth-order valence-electron chi connectivity index (χ4n) is 2.10. The zero-order valence-corrected chi connectivity index (χ0v) is 10.9. The lowest BCUT2D eigenvalue weighted by Gasteiger charge is -2.05. The second-order valence-corrected chi connectivity index (χ2v) is 4.57. The van der Waals surface area contributed by atoms with E-state index in [4.69, 9.17) is 4.74 Å². The maximum Gasteiger partial charge on any atom is 0.315 e. The third kappa shape index (κ3) is 2.86. The lowest BCUT2D eigenvalue weighted by atomic mass is 10.1. The molecule has 3 aromatic carbocycles. The van der Waals surface area contributed by atoms with Crippen LogP contribution in [0.2, 0.25) is 0 Å². The second-order valence-electron chi connectivity index (χ2n) is 4.57. The van der Waals surface area contributed by atoms with Crippen LogP contribution in [0, 0.1) is 6.07 Å². The lowest BCUT2D eigenvalue weighted by molar-refractivity contribution is -0.133. The van der Waals surface area contributed by atoms with Crippen LogP contribution in [0.15, 0.2) is 66.7 Å². The van der Waals surface area contributed by atoms with Crippen LogP contribution < -0.4 is 4.74 Å². The van der Waals surface area contributed by atoms with Gasteiger partial charge in [-0.15, -0.1) is 0 Å². The molecule has 97 valence electrons. The van der Waals surface area contributed by atoms with E-state index in [0.29, 0.717) is 5.75 Å². The van der Waals surface area contributed by atoms with Crippen molar-refractivity contribution >= 4 is 16.7 Å². The number of ether oxygens (including phenoxy) is 1. The Balaban J connectivity index is 1.74. The van der Waals surface area contributed by atoms with Gasteiger partial charge in [0.15, 0.2) is 0 Å². The maximum absolute atomic E-state index is 11.9. The van der Waals surface area contributed by atoms with E-state index in [2.05, 4.69) is 6.07 Å². The molecule has 0 unspecified atom stereocenters. The topological polar surface area (TPSA) is 26.3 Å². The highest BCUT2D eigenvalue weighted by molar-refractivity contribution is 5.84. The van der Waals surface area contributed by atoms with Gasteiger partial charge in [-0.2, -0.15) is 0 Å². The molecule has 20 heavy (non-hydrogen) atoms. The Bertz CT molecular complexity index is 733. The molecule has 0 bridgehead atoms. The lowest BCUT2D eigenvalue weighted by Crippen LogP contribution is -2.11. The number of hydrogen-bond acceptors (Lipinski definition) is 2. The first-order chi connectivity index (χ1) is 9.81. The number of carbonyl (C=O) groups excluding carboxylic acids is 1. The van der Waals surface area contributed by atoms with Crippen LogP contribution in [-0.4, -0.2) is 5.97 Å². The molecular weight excluding hydrogens is 248 g/mol. The molecule has 0 spiro atoms. The highest BCUT2D eigenvalue weighted by atomic mass is 16.5. The average Bonchev–Trinajstić information content (AvgIpc) is 2.48. The van der Waals surface area contributed by atoms with Gasteiger partial charge in [0.2, 0.25) is 0 Å². The normalized spacial score (nSPS) is 10.4. The first kappa shape index (κ1) is 12.4. The number of rotatable bonds is 3. The number of esters is 1. The van der Waals surface area contributed by atoms with E-state index in [1.54, 1.807) is 6.07 Å². The minimum atomic E-state index is -0.252. The molecule has 1 radical (unpaired) electrons. The van der Waals surface area contributed by atoms with Crippen LogP contribution in [-0.2, 0) is 11.2 Å². The monoisotopic (exact) mass is 261 g/mol. The van der Waals surface area contributed by atoms with Crippen LogP contribution in [0.5, 0.6) is 5.75 Å². The van der Waals surface area contributed by atoms with E-state index in [1.165, 1.54) is 0 Å².